The molecule has 0 unspecified atom stereocenters. The Bertz CT molecular complexity index is 867. The number of aliphatic hydroxyl groups excluding tert-OH is 1. The molecule has 0 aromatic rings. The van der Waals surface area contributed by atoms with Crippen molar-refractivity contribution in [1.82, 2.24) is 0 Å². The van der Waals surface area contributed by atoms with Crippen LogP contribution in [0.15, 0.2) is 23.6 Å². The molecule has 0 aromatic carbocycles. The number of halogens is 2. The van der Waals surface area contributed by atoms with Crippen LogP contribution in [0.1, 0.15) is 47.0 Å². The van der Waals surface area contributed by atoms with Crippen LogP contribution < -0.4 is 0 Å². The van der Waals surface area contributed by atoms with E-state index in [0.717, 1.165) is 6.08 Å². The van der Waals surface area contributed by atoms with Crippen LogP contribution in [-0.4, -0.2) is 44.4 Å². The molecule has 3 fully saturated rings. The van der Waals surface area contributed by atoms with E-state index < -0.39 is 69.5 Å². The zero-order valence-corrected chi connectivity index (χ0v) is 17.1. The lowest BCUT2D eigenvalue weighted by Crippen LogP contribution is -2.70. The second kappa shape index (κ2) is 5.76. The van der Waals surface area contributed by atoms with Crippen molar-refractivity contribution < 1.29 is 33.7 Å². The predicted molar refractivity (Wildman–Crippen MR) is 100 cm³/mol. The second-order valence-electron chi connectivity index (χ2n) is 10.1. The van der Waals surface area contributed by atoms with Crippen LogP contribution in [0.2, 0.25) is 0 Å². The quantitative estimate of drug-likeness (QED) is 0.618. The minimum atomic E-state index is -2.27. The molecule has 0 spiro atoms. The lowest BCUT2D eigenvalue weighted by molar-refractivity contribution is -0.228. The molecule has 4 aliphatic rings. The summed E-state index contributed by atoms with van der Waals surface area (Å²) in [6.07, 6.45) is 1.01. The zero-order valence-electron chi connectivity index (χ0n) is 17.1. The van der Waals surface area contributed by atoms with Gasteiger partial charge in [0.2, 0.25) is 5.78 Å². The van der Waals surface area contributed by atoms with Crippen molar-refractivity contribution in [1.29, 1.82) is 0 Å². The highest BCUT2D eigenvalue weighted by Gasteiger charge is 2.76. The highest BCUT2D eigenvalue weighted by Crippen LogP contribution is 2.71. The summed E-state index contributed by atoms with van der Waals surface area (Å²) in [5, 5.41) is 32.1. The van der Waals surface area contributed by atoms with Crippen LogP contribution >= 0.6 is 0 Å². The van der Waals surface area contributed by atoms with Gasteiger partial charge in [-0.3, -0.25) is 4.79 Å². The van der Waals surface area contributed by atoms with E-state index in [-0.39, 0.29) is 18.4 Å². The monoisotopic (exact) mass is 410 g/mol. The summed E-state index contributed by atoms with van der Waals surface area (Å²) in [5.41, 5.74) is -7.00. The van der Waals surface area contributed by atoms with Gasteiger partial charge in [-0.2, -0.15) is 0 Å². The fourth-order valence-corrected chi connectivity index (χ4v) is 7.51. The molecule has 0 amide bonds. The molecule has 0 saturated heterocycles. The highest BCUT2D eigenvalue weighted by molar-refractivity contribution is 6.04. The van der Waals surface area contributed by atoms with E-state index in [9.17, 15) is 29.3 Å². The summed E-state index contributed by atoms with van der Waals surface area (Å²) in [6.45, 7) is 6.51. The van der Waals surface area contributed by atoms with Crippen molar-refractivity contribution in [2.24, 2.45) is 34.5 Å². The molecule has 160 valence electrons. The van der Waals surface area contributed by atoms with Crippen LogP contribution in [0.3, 0.4) is 0 Å². The largest absolute Gasteiger partial charge is 0.479 e. The Hall–Kier alpha value is -1.60. The Morgan fingerprint density at radius 3 is 2.41 bits per heavy atom. The molecule has 3 N–H and O–H groups in total. The highest BCUT2D eigenvalue weighted by atomic mass is 19.1. The number of hydrogen-bond donors (Lipinski definition) is 3. The van der Waals surface area contributed by atoms with E-state index in [2.05, 4.69) is 0 Å². The van der Waals surface area contributed by atoms with Crippen molar-refractivity contribution in [3.63, 3.8) is 0 Å². The van der Waals surface area contributed by atoms with Crippen molar-refractivity contribution in [2.45, 2.75) is 64.3 Å². The summed E-state index contributed by atoms with van der Waals surface area (Å²) in [5.74, 6) is -5.46. The standard InChI is InChI=1S/C22H28F2O5/c1-10-7-13-12-8-11(2)22(29,18(27)28)20(12,4)9-15(26)21(13,24)19(3)6-5-14(25)17(23)16(10)19/h5-6,10-13,15,26,29H,7-9H2,1-4H3,(H,27,28)/t10-,11+,12-,13-,15-,19-,20-,21-,22-/m0/s1. The van der Waals surface area contributed by atoms with E-state index >= 15 is 4.39 Å². The summed E-state index contributed by atoms with van der Waals surface area (Å²) in [6, 6.07) is 0. The first kappa shape index (κ1) is 20.7. The molecule has 29 heavy (non-hydrogen) atoms. The Labute approximate surface area is 168 Å². The number of hydrogen-bond acceptors (Lipinski definition) is 4. The third-order valence-electron chi connectivity index (χ3n) is 8.94. The summed E-state index contributed by atoms with van der Waals surface area (Å²) in [4.78, 5) is 24.0. The van der Waals surface area contributed by atoms with E-state index in [1.54, 1.807) is 20.8 Å². The van der Waals surface area contributed by atoms with Crippen molar-refractivity contribution in [2.75, 3.05) is 0 Å². The molecule has 9 atom stereocenters. The van der Waals surface area contributed by atoms with Gasteiger partial charge in [-0.05, 0) is 55.6 Å². The fraction of sp³-hybridized carbons (Fsp3) is 0.727. The molecule has 7 heteroatoms. The van der Waals surface area contributed by atoms with Crippen LogP contribution in [0.4, 0.5) is 8.78 Å². The first-order valence-electron chi connectivity index (χ1n) is 10.2. The van der Waals surface area contributed by atoms with E-state index in [4.69, 9.17) is 0 Å². The average molecular weight is 410 g/mol. The molecule has 0 heterocycles. The second-order valence-corrected chi connectivity index (χ2v) is 10.1. The minimum absolute atomic E-state index is 0.0749. The first-order valence-corrected chi connectivity index (χ1v) is 10.2. The molecular formula is C22H28F2O5. The third kappa shape index (κ3) is 2.06. The lowest BCUT2D eigenvalue weighted by atomic mass is 9.43. The molecule has 0 aliphatic heterocycles. The molecule has 0 radical (unpaired) electrons. The number of aliphatic carboxylic acids is 1. The number of carbonyl (C=O) groups excluding carboxylic acids is 1. The van der Waals surface area contributed by atoms with Crippen molar-refractivity contribution in [3.8, 4) is 0 Å². The van der Waals surface area contributed by atoms with Gasteiger partial charge in [0.1, 0.15) is 0 Å². The van der Waals surface area contributed by atoms with Gasteiger partial charge in [0.25, 0.3) is 0 Å². The summed E-state index contributed by atoms with van der Waals surface area (Å²) < 4.78 is 31.8. The number of fused-ring (bicyclic) bond motifs is 5. The van der Waals surface area contributed by atoms with Gasteiger partial charge in [0.05, 0.1) is 6.10 Å². The Kier molecular flexibility index (Phi) is 4.10. The topological polar surface area (TPSA) is 94.8 Å². The Morgan fingerprint density at radius 2 is 1.83 bits per heavy atom. The van der Waals surface area contributed by atoms with Gasteiger partial charge < -0.3 is 15.3 Å². The molecule has 4 rings (SSSR count). The van der Waals surface area contributed by atoms with Gasteiger partial charge in [-0.1, -0.05) is 26.8 Å². The summed E-state index contributed by atoms with van der Waals surface area (Å²) >= 11 is 0. The maximum Gasteiger partial charge on any atom is 0.336 e. The normalized spacial score (nSPS) is 54.1. The third-order valence-corrected chi connectivity index (χ3v) is 8.94. The molecule has 0 aromatic heterocycles. The fourth-order valence-electron chi connectivity index (χ4n) is 7.51. The molecule has 0 bridgehead atoms. The van der Waals surface area contributed by atoms with Gasteiger partial charge in [-0.25, -0.2) is 13.6 Å². The van der Waals surface area contributed by atoms with Crippen LogP contribution in [-0.2, 0) is 9.59 Å². The summed E-state index contributed by atoms with van der Waals surface area (Å²) in [7, 11) is 0. The smallest absolute Gasteiger partial charge is 0.336 e. The van der Waals surface area contributed by atoms with Crippen LogP contribution in [0.25, 0.3) is 0 Å². The van der Waals surface area contributed by atoms with E-state index in [1.807, 2.05) is 0 Å². The number of carboxylic acids is 1. The molecule has 5 nitrogen and oxygen atoms in total. The van der Waals surface area contributed by atoms with Gasteiger partial charge in [0.15, 0.2) is 17.1 Å². The van der Waals surface area contributed by atoms with Gasteiger partial charge >= 0.3 is 5.97 Å². The Balaban J connectivity index is 1.91. The number of rotatable bonds is 1. The van der Waals surface area contributed by atoms with E-state index in [0.29, 0.717) is 6.42 Å². The molecule has 4 aliphatic carbocycles. The number of aliphatic hydroxyl groups is 2. The SMILES string of the molecule is C[C@@H]1C[C@H]2[C@@H]3C[C@H](C)C4=C(F)C(=O)C=C[C@]4(C)[C@@]3(F)[C@@H](O)C[C@]2(C)[C@@]1(O)C(=O)O. The number of carbonyl (C=O) groups is 2. The first-order chi connectivity index (χ1) is 13.3. The van der Waals surface area contributed by atoms with Crippen molar-refractivity contribution in [3.05, 3.63) is 23.6 Å². The Morgan fingerprint density at radius 1 is 1.21 bits per heavy atom. The van der Waals surface area contributed by atoms with Gasteiger partial charge in [0, 0.05) is 16.7 Å². The number of allylic oxidation sites excluding steroid dienone is 4. The number of carboxylic acid groups (broad SMARTS) is 1. The average Bonchev–Trinajstić information content (AvgIpc) is 2.83. The maximum atomic E-state index is 17.0. The van der Waals surface area contributed by atoms with Crippen LogP contribution in [0.5, 0.6) is 0 Å². The maximum absolute atomic E-state index is 17.0. The zero-order chi connectivity index (χ0) is 21.7. The predicted octanol–water partition coefficient (Wildman–Crippen LogP) is 2.96. The van der Waals surface area contributed by atoms with E-state index in [1.165, 1.54) is 13.0 Å². The lowest BCUT2D eigenvalue weighted by Gasteiger charge is -2.63. The van der Waals surface area contributed by atoms with Crippen molar-refractivity contribution >= 4 is 11.8 Å². The molecule has 3 saturated carbocycles. The van der Waals surface area contributed by atoms with Crippen LogP contribution in [0, 0.1) is 34.5 Å². The number of alkyl halides is 1. The minimum Gasteiger partial charge on any atom is -0.479 e. The number of ketones is 1. The molecular weight excluding hydrogens is 382 g/mol. The van der Waals surface area contributed by atoms with Gasteiger partial charge in [-0.15, -0.1) is 0 Å².